The van der Waals surface area contributed by atoms with Crippen LogP contribution in [-0.2, 0) is 30.5 Å². The van der Waals surface area contributed by atoms with Crippen LogP contribution in [0.3, 0.4) is 0 Å². The molecule has 2 aliphatic heterocycles. The van der Waals surface area contributed by atoms with E-state index in [4.69, 9.17) is 5.11 Å². The van der Waals surface area contributed by atoms with E-state index in [9.17, 15) is 22.6 Å². The number of carbonyl (C=O) groups excluding carboxylic acids is 1. The molecular formula is C41H49KN4O6S. The molecule has 53 heavy (non-hydrogen) atoms. The van der Waals surface area contributed by atoms with Crippen LogP contribution < -0.4 is 61.2 Å². The quantitative estimate of drug-likeness (QED) is 0.120. The monoisotopic (exact) mass is 764 g/mol. The van der Waals surface area contributed by atoms with E-state index in [1.165, 1.54) is 0 Å². The van der Waals surface area contributed by atoms with Gasteiger partial charge in [0.2, 0.25) is 0 Å². The zero-order chi connectivity index (χ0) is 37.5. The van der Waals surface area contributed by atoms with Crippen molar-refractivity contribution in [1.29, 1.82) is 0 Å². The fraction of sp³-hybridized carbons (Fsp3) is 0.415. The molecule has 0 saturated heterocycles. The van der Waals surface area contributed by atoms with Crippen molar-refractivity contribution in [3.63, 3.8) is 0 Å². The molecule has 0 spiro atoms. The van der Waals surface area contributed by atoms with Gasteiger partial charge < -0.3 is 19.5 Å². The maximum atomic E-state index is 13.3. The molecule has 0 amide bonds. The molecule has 3 aliphatic rings. The molecule has 1 N–H and O–H groups in total. The standard InChI is InChI=1S/C41H50N4O6S.K/c1-40(2)32-18-14-25-42-38(32)44(27-11-5-6-22-36(46)47)34(40)20-9-7-16-30-23-24-31(37(30)48)17-8-10-21-35-41(3,4)33-19-15-26-43-39(33)45(35)28-12-13-29-52(49,50)51;/h7-10,14-21,25-26H,5-6,11-13,22-24,27-29H2,1-4H3,(H,46,47)(H,49,50,51);/q;+1/p-1/b9-7+,10-8+,30-16+,31-17+,34-20+,35-21+;. The second-order valence-corrected chi connectivity index (χ2v) is 16.1. The van der Waals surface area contributed by atoms with Crippen molar-refractivity contribution < 1.29 is 79.1 Å². The molecule has 2 aromatic rings. The second-order valence-electron chi connectivity index (χ2n) is 14.6. The van der Waals surface area contributed by atoms with E-state index >= 15 is 0 Å². The number of rotatable bonds is 15. The van der Waals surface area contributed by atoms with E-state index < -0.39 is 16.1 Å². The molecule has 1 saturated carbocycles. The van der Waals surface area contributed by atoms with Crippen LogP contribution in [0.5, 0.6) is 0 Å². The minimum atomic E-state index is -4.25. The number of aliphatic carboxylic acids is 1. The Bertz CT molecular complexity index is 1980. The summed E-state index contributed by atoms with van der Waals surface area (Å²) in [5.74, 6) is 0.664. The summed E-state index contributed by atoms with van der Waals surface area (Å²) in [4.78, 5) is 37.8. The number of anilines is 2. The molecule has 0 atom stereocenters. The van der Waals surface area contributed by atoms with Gasteiger partial charge in [0.15, 0.2) is 5.78 Å². The topological polar surface area (TPSA) is 144 Å². The number of carboxylic acids is 1. The summed E-state index contributed by atoms with van der Waals surface area (Å²) in [6.07, 6.45) is 23.8. The van der Waals surface area contributed by atoms with Crippen LogP contribution in [0.1, 0.15) is 90.2 Å². The zero-order valence-corrected chi connectivity index (χ0v) is 35.5. The predicted molar refractivity (Wildman–Crippen MR) is 204 cm³/mol. The van der Waals surface area contributed by atoms with Crippen molar-refractivity contribution in [1.82, 2.24) is 9.97 Å². The SMILES string of the molecule is CC1(C)\C(=C/C=C/C=C2\CC\C(=C/C=C/C=C3/N(CCCCS(=O)(=O)[O-])c4ncccc4C3(C)C)C2=O)N(CCCCCC(=O)O)c2ncccc21.[K+]. The average Bonchev–Trinajstić information content (AvgIpc) is 3.63. The Labute approximate surface area is 356 Å². The molecule has 5 rings (SSSR count). The molecule has 0 bridgehead atoms. The van der Waals surface area contributed by atoms with Gasteiger partial charge in [-0.25, -0.2) is 18.4 Å². The van der Waals surface area contributed by atoms with Crippen molar-refractivity contribution in [2.24, 2.45) is 0 Å². The number of unbranched alkanes of at least 4 members (excludes halogenated alkanes) is 3. The van der Waals surface area contributed by atoms with Crippen LogP contribution in [0.2, 0.25) is 0 Å². The Morgan fingerprint density at radius 3 is 1.68 bits per heavy atom. The smallest absolute Gasteiger partial charge is 0.748 e. The van der Waals surface area contributed by atoms with E-state index in [-0.39, 0.29) is 86.6 Å². The van der Waals surface area contributed by atoms with Crippen LogP contribution in [-0.4, -0.2) is 58.6 Å². The maximum Gasteiger partial charge on any atom is 1.00 e. The van der Waals surface area contributed by atoms with Gasteiger partial charge in [0.05, 0.1) is 10.1 Å². The number of nitrogens with zero attached hydrogens (tertiary/aromatic N) is 4. The van der Waals surface area contributed by atoms with Crippen molar-refractivity contribution in [2.75, 3.05) is 28.6 Å². The van der Waals surface area contributed by atoms with Gasteiger partial charge >= 0.3 is 57.4 Å². The van der Waals surface area contributed by atoms with Gasteiger partial charge in [-0.3, -0.25) is 9.59 Å². The molecule has 276 valence electrons. The van der Waals surface area contributed by atoms with Gasteiger partial charge in [-0.1, -0.05) is 82.7 Å². The fourth-order valence-corrected chi connectivity index (χ4v) is 7.91. The van der Waals surface area contributed by atoms with E-state index in [0.29, 0.717) is 32.2 Å². The van der Waals surface area contributed by atoms with Gasteiger partial charge in [-0.05, 0) is 62.8 Å². The molecule has 0 unspecified atom stereocenters. The van der Waals surface area contributed by atoms with Gasteiger partial charge in [0.1, 0.15) is 11.6 Å². The first-order chi connectivity index (χ1) is 24.7. The number of aromatic nitrogens is 2. The Hall–Kier alpha value is -2.97. The summed E-state index contributed by atoms with van der Waals surface area (Å²) in [5, 5.41) is 8.98. The molecule has 0 radical (unpaired) electrons. The summed E-state index contributed by atoms with van der Waals surface area (Å²) in [6.45, 7) is 9.91. The Morgan fingerprint density at radius 1 is 0.774 bits per heavy atom. The number of pyridine rings is 2. The fourth-order valence-electron chi connectivity index (χ4n) is 7.36. The van der Waals surface area contributed by atoms with Crippen LogP contribution in [0.15, 0.2) is 108 Å². The molecule has 4 heterocycles. The summed E-state index contributed by atoms with van der Waals surface area (Å²) in [5.41, 5.74) is 5.29. The van der Waals surface area contributed by atoms with E-state index in [1.54, 1.807) is 12.4 Å². The zero-order valence-electron chi connectivity index (χ0n) is 31.5. The van der Waals surface area contributed by atoms with Gasteiger partial charge in [-0.15, -0.1) is 0 Å². The number of Topliss-reactive ketones (excluding diaryl/α,β-unsaturated/α-hetero) is 1. The van der Waals surface area contributed by atoms with Crippen molar-refractivity contribution >= 4 is 33.5 Å². The number of carbonyl (C=O) groups is 2. The van der Waals surface area contributed by atoms with Crippen LogP contribution in [0.4, 0.5) is 11.6 Å². The van der Waals surface area contributed by atoms with Crippen LogP contribution in [0, 0.1) is 0 Å². The van der Waals surface area contributed by atoms with Crippen molar-refractivity contribution in [2.45, 2.75) is 89.9 Å². The third kappa shape index (κ3) is 10.4. The molecule has 0 aromatic carbocycles. The van der Waals surface area contributed by atoms with Gasteiger partial charge in [0, 0.05) is 82.2 Å². The minimum absolute atomic E-state index is 0. The number of ketones is 1. The van der Waals surface area contributed by atoms with Gasteiger partial charge in [0.25, 0.3) is 0 Å². The number of hydrogen-bond donors (Lipinski definition) is 1. The van der Waals surface area contributed by atoms with E-state index in [1.807, 2.05) is 60.7 Å². The molecule has 1 fully saturated rings. The molecule has 12 heteroatoms. The number of allylic oxidation sites excluding steroid dienone is 12. The molecule has 1 aliphatic carbocycles. The second kappa shape index (κ2) is 18.6. The third-order valence-electron chi connectivity index (χ3n) is 10.2. The maximum absolute atomic E-state index is 13.3. The third-order valence-corrected chi connectivity index (χ3v) is 11.0. The number of fused-ring (bicyclic) bond motifs is 2. The first-order valence-electron chi connectivity index (χ1n) is 18.0. The summed E-state index contributed by atoms with van der Waals surface area (Å²) >= 11 is 0. The molecule has 10 nitrogen and oxygen atoms in total. The van der Waals surface area contributed by atoms with Gasteiger partial charge in [-0.2, -0.15) is 0 Å². The predicted octanol–water partition coefficient (Wildman–Crippen LogP) is 4.44. The van der Waals surface area contributed by atoms with Crippen LogP contribution >= 0.6 is 0 Å². The Kier molecular flexibility index (Phi) is 15.0. The number of hydrogen-bond acceptors (Lipinski definition) is 9. The number of carboxylic acid groups (broad SMARTS) is 1. The minimum Gasteiger partial charge on any atom is -0.748 e. The Balaban J connectivity index is 0.00000627. The molecular weight excluding hydrogens is 716 g/mol. The summed E-state index contributed by atoms with van der Waals surface area (Å²) in [7, 11) is -4.25. The first-order valence-corrected chi connectivity index (χ1v) is 19.6. The van der Waals surface area contributed by atoms with Crippen LogP contribution in [0.25, 0.3) is 0 Å². The van der Waals surface area contributed by atoms with E-state index in [0.717, 1.165) is 64.7 Å². The Morgan fingerprint density at radius 2 is 1.23 bits per heavy atom. The molecule has 2 aromatic heterocycles. The average molecular weight is 765 g/mol. The summed E-state index contributed by atoms with van der Waals surface area (Å²) in [6, 6.07) is 8.02. The largest absolute Gasteiger partial charge is 1.00 e. The van der Waals surface area contributed by atoms with Crippen molar-refractivity contribution in [3.8, 4) is 0 Å². The summed E-state index contributed by atoms with van der Waals surface area (Å²) < 4.78 is 33.3. The normalized spacial score (nSPS) is 20.7. The first kappa shape index (κ1) is 42.8. The van der Waals surface area contributed by atoms with Crippen molar-refractivity contribution in [3.05, 3.63) is 119 Å². The van der Waals surface area contributed by atoms with E-state index in [2.05, 4.69) is 59.6 Å².